The van der Waals surface area contributed by atoms with E-state index in [9.17, 15) is 9.59 Å². The first-order valence-electron chi connectivity index (χ1n) is 8.19. The summed E-state index contributed by atoms with van der Waals surface area (Å²) >= 11 is 1.57. The number of hydrogen-bond acceptors (Lipinski definition) is 4. The molecule has 2 aliphatic rings. The first kappa shape index (κ1) is 14.7. The second-order valence-electron chi connectivity index (χ2n) is 6.48. The molecule has 1 aliphatic carbocycles. The van der Waals surface area contributed by atoms with Crippen molar-refractivity contribution < 1.29 is 9.59 Å². The summed E-state index contributed by atoms with van der Waals surface area (Å²) in [5.41, 5.74) is 0.852. The highest BCUT2D eigenvalue weighted by Gasteiger charge is 2.41. The monoisotopic (exact) mass is 332 g/mol. The van der Waals surface area contributed by atoms with Crippen LogP contribution in [0.15, 0.2) is 17.8 Å². The molecule has 23 heavy (non-hydrogen) atoms. The molecule has 3 atom stereocenters. The van der Waals surface area contributed by atoms with Crippen LogP contribution in [0.3, 0.4) is 0 Å². The maximum atomic E-state index is 12.6. The molecule has 2 fully saturated rings. The number of thiazole rings is 1. The van der Waals surface area contributed by atoms with E-state index in [0.29, 0.717) is 13.0 Å². The summed E-state index contributed by atoms with van der Waals surface area (Å²) in [4.78, 5) is 29.9. The molecule has 2 aromatic rings. The van der Waals surface area contributed by atoms with Gasteiger partial charge >= 0.3 is 0 Å². The lowest BCUT2D eigenvalue weighted by atomic mass is 9.72. The molecule has 0 radical (unpaired) electrons. The quantitative estimate of drug-likeness (QED) is 0.898. The van der Waals surface area contributed by atoms with Crippen molar-refractivity contribution in [2.75, 3.05) is 0 Å². The first-order chi connectivity index (χ1) is 11.2. The second-order valence-corrected chi connectivity index (χ2v) is 7.35. The summed E-state index contributed by atoms with van der Waals surface area (Å²) in [5.74, 6) is 0.0913. The van der Waals surface area contributed by atoms with Crippen molar-refractivity contribution in [2.24, 2.45) is 11.8 Å². The number of amides is 2. The average molecular weight is 332 g/mol. The number of piperidine rings is 1. The van der Waals surface area contributed by atoms with Crippen molar-refractivity contribution in [3.63, 3.8) is 0 Å². The predicted octanol–water partition coefficient (Wildman–Crippen LogP) is 1.71. The van der Waals surface area contributed by atoms with Gasteiger partial charge in [0.05, 0.1) is 18.2 Å². The van der Waals surface area contributed by atoms with E-state index in [2.05, 4.69) is 15.6 Å². The van der Waals surface area contributed by atoms with Crippen molar-refractivity contribution in [2.45, 2.75) is 44.7 Å². The molecule has 2 N–H and O–H groups in total. The Balaban J connectivity index is 1.42. The summed E-state index contributed by atoms with van der Waals surface area (Å²) in [5, 5.41) is 8.02. The Labute approximate surface area is 138 Å². The van der Waals surface area contributed by atoms with Crippen LogP contribution in [-0.4, -0.2) is 27.2 Å². The van der Waals surface area contributed by atoms with Crippen molar-refractivity contribution in [1.82, 2.24) is 20.0 Å². The third-order valence-electron chi connectivity index (χ3n) is 5.01. The van der Waals surface area contributed by atoms with Crippen LogP contribution in [0.1, 0.15) is 37.8 Å². The van der Waals surface area contributed by atoms with E-state index in [1.165, 1.54) is 0 Å². The second kappa shape index (κ2) is 5.96. The molecule has 0 aromatic carbocycles. The third kappa shape index (κ3) is 2.85. The van der Waals surface area contributed by atoms with Crippen LogP contribution in [-0.2, 0) is 16.1 Å². The summed E-state index contributed by atoms with van der Waals surface area (Å²) in [6.07, 6.45) is 8.52. The molecule has 1 saturated carbocycles. The van der Waals surface area contributed by atoms with Crippen molar-refractivity contribution in [3.8, 4) is 0 Å². The van der Waals surface area contributed by atoms with Gasteiger partial charge in [0.1, 0.15) is 0 Å². The van der Waals surface area contributed by atoms with Crippen LogP contribution >= 0.6 is 11.3 Å². The van der Waals surface area contributed by atoms with Crippen LogP contribution in [0.2, 0.25) is 0 Å². The molecule has 0 bridgehead atoms. The number of fused-ring (bicyclic) bond motifs is 2. The summed E-state index contributed by atoms with van der Waals surface area (Å²) in [7, 11) is 0. The fourth-order valence-electron chi connectivity index (χ4n) is 3.89. The Hall–Kier alpha value is -1.89. The number of carbonyl (C=O) groups excluding carboxylic acids is 2. The Morgan fingerprint density at radius 1 is 1.43 bits per heavy atom. The molecule has 2 aromatic heterocycles. The molecule has 1 aliphatic heterocycles. The number of rotatable bonds is 3. The van der Waals surface area contributed by atoms with Crippen molar-refractivity contribution in [3.05, 3.63) is 23.5 Å². The van der Waals surface area contributed by atoms with E-state index < -0.39 is 0 Å². The lowest BCUT2D eigenvalue weighted by Gasteiger charge is -2.40. The third-order valence-corrected chi connectivity index (χ3v) is 5.78. The van der Waals surface area contributed by atoms with E-state index >= 15 is 0 Å². The van der Waals surface area contributed by atoms with Gasteiger partial charge in [0, 0.05) is 30.2 Å². The molecule has 122 valence electrons. The highest BCUT2D eigenvalue weighted by Crippen LogP contribution is 2.35. The Morgan fingerprint density at radius 3 is 3.17 bits per heavy atom. The van der Waals surface area contributed by atoms with Gasteiger partial charge < -0.3 is 10.6 Å². The number of carbonyl (C=O) groups is 2. The number of hydrogen-bond donors (Lipinski definition) is 2. The average Bonchev–Trinajstić information content (AvgIpc) is 3.13. The minimum absolute atomic E-state index is 0.00638. The first-order valence-corrected chi connectivity index (χ1v) is 9.07. The standard InChI is InChI=1S/C16H20N4O2S/c21-14-7-12(11-3-1-2-4-13(11)19-14)15(22)17-8-10-9-20-5-6-23-16(20)18-10/h5-6,9,11-13H,1-4,7-8H2,(H,17,22)(H,19,21). The molecule has 0 spiro atoms. The lowest BCUT2D eigenvalue weighted by molar-refractivity contribution is -0.137. The van der Waals surface area contributed by atoms with Gasteiger partial charge in [-0.05, 0) is 18.8 Å². The van der Waals surface area contributed by atoms with Gasteiger partial charge in [0.25, 0.3) is 0 Å². The summed E-state index contributed by atoms with van der Waals surface area (Å²) in [6, 6.07) is 0.179. The maximum Gasteiger partial charge on any atom is 0.224 e. The normalized spacial score (nSPS) is 27.5. The van der Waals surface area contributed by atoms with Gasteiger partial charge in [-0.15, -0.1) is 11.3 Å². The molecular weight excluding hydrogens is 312 g/mol. The van der Waals surface area contributed by atoms with Gasteiger partial charge in [-0.2, -0.15) is 0 Å². The van der Waals surface area contributed by atoms with Crippen LogP contribution in [0.25, 0.3) is 4.96 Å². The Bertz CT molecular complexity index is 709. The van der Waals surface area contributed by atoms with Crippen LogP contribution in [0.5, 0.6) is 0 Å². The zero-order valence-electron chi connectivity index (χ0n) is 12.8. The molecule has 2 amide bonds. The molecule has 3 heterocycles. The number of aromatic nitrogens is 2. The molecule has 4 rings (SSSR count). The van der Waals surface area contributed by atoms with Crippen molar-refractivity contribution in [1.29, 1.82) is 0 Å². The Morgan fingerprint density at radius 2 is 2.30 bits per heavy atom. The fourth-order valence-corrected chi connectivity index (χ4v) is 4.61. The van der Waals surface area contributed by atoms with E-state index in [0.717, 1.165) is 36.3 Å². The maximum absolute atomic E-state index is 12.6. The van der Waals surface area contributed by atoms with E-state index in [-0.39, 0.29) is 29.7 Å². The summed E-state index contributed by atoms with van der Waals surface area (Å²) < 4.78 is 1.96. The van der Waals surface area contributed by atoms with Gasteiger partial charge in [0.2, 0.25) is 11.8 Å². The van der Waals surface area contributed by atoms with E-state index in [4.69, 9.17) is 0 Å². The van der Waals surface area contributed by atoms with Crippen LogP contribution in [0, 0.1) is 11.8 Å². The molecule has 3 unspecified atom stereocenters. The van der Waals surface area contributed by atoms with Crippen LogP contribution in [0.4, 0.5) is 0 Å². The minimum Gasteiger partial charge on any atom is -0.353 e. The highest BCUT2D eigenvalue weighted by atomic mass is 32.1. The van der Waals surface area contributed by atoms with Gasteiger partial charge in [0.15, 0.2) is 4.96 Å². The topological polar surface area (TPSA) is 75.5 Å². The number of imidazole rings is 1. The highest BCUT2D eigenvalue weighted by molar-refractivity contribution is 7.15. The number of nitrogens with zero attached hydrogens (tertiary/aromatic N) is 2. The summed E-state index contributed by atoms with van der Waals surface area (Å²) in [6.45, 7) is 0.419. The molecular formula is C16H20N4O2S. The molecule has 6 nitrogen and oxygen atoms in total. The van der Waals surface area contributed by atoms with Crippen LogP contribution < -0.4 is 10.6 Å². The Kier molecular flexibility index (Phi) is 3.80. The predicted molar refractivity (Wildman–Crippen MR) is 86.9 cm³/mol. The minimum atomic E-state index is -0.196. The number of nitrogens with one attached hydrogen (secondary N) is 2. The fraction of sp³-hybridized carbons (Fsp3) is 0.562. The van der Waals surface area contributed by atoms with E-state index in [1.807, 2.05) is 22.2 Å². The molecule has 7 heteroatoms. The largest absolute Gasteiger partial charge is 0.353 e. The van der Waals surface area contributed by atoms with Gasteiger partial charge in [-0.1, -0.05) is 12.8 Å². The molecule has 1 saturated heterocycles. The van der Waals surface area contributed by atoms with Gasteiger partial charge in [-0.3, -0.25) is 14.0 Å². The lowest BCUT2D eigenvalue weighted by Crippen LogP contribution is -2.54. The van der Waals surface area contributed by atoms with E-state index in [1.54, 1.807) is 11.3 Å². The SMILES string of the molecule is O=C1CC(C(=O)NCc2cn3ccsc3n2)C2CCCCC2N1. The van der Waals surface area contributed by atoms with Crippen molar-refractivity contribution >= 4 is 28.1 Å². The smallest absolute Gasteiger partial charge is 0.224 e. The zero-order chi connectivity index (χ0) is 15.8. The zero-order valence-corrected chi connectivity index (χ0v) is 13.6. The van der Waals surface area contributed by atoms with Gasteiger partial charge in [-0.25, -0.2) is 4.98 Å².